The molecule has 0 spiro atoms. The molecule has 0 radical (unpaired) electrons. The van der Waals surface area contributed by atoms with Gasteiger partial charge in [0.2, 0.25) is 11.7 Å². The van der Waals surface area contributed by atoms with Crippen molar-refractivity contribution < 1.29 is 14.0 Å². The van der Waals surface area contributed by atoms with Gasteiger partial charge < -0.3 is 20.8 Å². The molecule has 2 amide bonds. The Morgan fingerprint density at radius 1 is 1.12 bits per heavy atom. The lowest BCUT2D eigenvalue weighted by Crippen LogP contribution is -2.26. The number of carbonyl (C=O) groups is 2. The van der Waals surface area contributed by atoms with Crippen LogP contribution in [-0.2, 0) is 6.54 Å². The molecule has 0 saturated carbocycles. The first-order valence-electron chi connectivity index (χ1n) is 10.8. The summed E-state index contributed by atoms with van der Waals surface area (Å²) in [5.41, 5.74) is 7.96. The van der Waals surface area contributed by atoms with Gasteiger partial charge in [0.05, 0.1) is 11.8 Å². The number of oxazole rings is 1. The van der Waals surface area contributed by atoms with Crippen molar-refractivity contribution in [2.45, 2.75) is 39.7 Å². The maximum atomic E-state index is 12.7. The van der Waals surface area contributed by atoms with E-state index in [1.54, 1.807) is 6.20 Å². The molecule has 0 unspecified atom stereocenters. The summed E-state index contributed by atoms with van der Waals surface area (Å²) < 4.78 is 5.35. The van der Waals surface area contributed by atoms with Gasteiger partial charge in [-0.15, -0.1) is 0 Å². The van der Waals surface area contributed by atoms with Gasteiger partial charge in [-0.05, 0) is 42.2 Å². The Balaban J connectivity index is 1.65. The third-order valence-electron chi connectivity index (χ3n) is 5.44. The SMILES string of the molecule is CCC(CC)CCNC(=O)c1ccccc1NCc1ccnc(-c2ncc(C(N)=O)o2)c1. The Morgan fingerprint density at radius 3 is 2.62 bits per heavy atom. The molecule has 168 valence electrons. The molecule has 4 N–H and O–H groups in total. The molecule has 32 heavy (non-hydrogen) atoms. The molecule has 0 aliphatic heterocycles. The predicted octanol–water partition coefficient (Wildman–Crippen LogP) is 4.00. The van der Waals surface area contributed by atoms with E-state index in [1.165, 1.54) is 6.20 Å². The molecule has 2 aromatic heterocycles. The average molecular weight is 436 g/mol. The fraction of sp³-hybridized carbons (Fsp3) is 0.333. The highest BCUT2D eigenvalue weighted by Gasteiger charge is 2.14. The molecule has 2 heterocycles. The van der Waals surface area contributed by atoms with Crippen LogP contribution in [0.3, 0.4) is 0 Å². The van der Waals surface area contributed by atoms with Crippen molar-refractivity contribution in [1.82, 2.24) is 15.3 Å². The standard InChI is InChI=1S/C24H29N5O3/c1-3-16(4-2)9-12-27-23(31)18-7-5-6-8-19(18)28-14-17-10-11-26-20(13-17)24-29-15-21(32-24)22(25)30/h5-8,10-11,13,15-16,28H,3-4,9,12,14H2,1-2H3,(H2,25,30)(H,27,31). The molecule has 0 atom stereocenters. The number of pyridine rings is 1. The summed E-state index contributed by atoms with van der Waals surface area (Å²) in [4.78, 5) is 32.2. The fourth-order valence-electron chi connectivity index (χ4n) is 3.42. The second kappa shape index (κ2) is 11.1. The highest BCUT2D eigenvalue weighted by atomic mass is 16.4. The lowest BCUT2D eigenvalue weighted by atomic mass is 9.99. The first-order chi connectivity index (χ1) is 15.5. The zero-order valence-corrected chi connectivity index (χ0v) is 18.4. The van der Waals surface area contributed by atoms with E-state index < -0.39 is 5.91 Å². The summed E-state index contributed by atoms with van der Waals surface area (Å²) in [6, 6.07) is 11.1. The minimum Gasteiger partial charge on any atom is -0.429 e. The predicted molar refractivity (Wildman–Crippen MR) is 123 cm³/mol. The number of aromatic nitrogens is 2. The number of nitrogens with two attached hydrogens (primary N) is 1. The first kappa shape index (κ1) is 23.0. The van der Waals surface area contributed by atoms with Crippen molar-refractivity contribution >= 4 is 17.5 Å². The Labute approximate surface area is 187 Å². The van der Waals surface area contributed by atoms with E-state index in [0.29, 0.717) is 30.3 Å². The Kier molecular flexibility index (Phi) is 7.96. The number of primary amides is 1. The third-order valence-corrected chi connectivity index (χ3v) is 5.44. The van der Waals surface area contributed by atoms with E-state index in [1.807, 2.05) is 36.4 Å². The van der Waals surface area contributed by atoms with Crippen molar-refractivity contribution in [2.24, 2.45) is 11.7 Å². The van der Waals surface area contributed by atoms with Gasteiger partial charge in [-0.1, -0.05) is 38.8 Å². The molecular formula is C24H29N5O3. The van der Waals surface area contributed by atoms with Crippen molar-refractivity contribution in [3.63, 3.8) is 0 Å². The van der Waals surface area contributed by atoms with Gasteiger partial charge >= 0.3 is 0 Å². The maximum Gasteiger partial charge on any atom is 0.286 e. The number of anilines is 1. The van der Waals surface area contributed by atoms with E-state index in [-0.39, 0.29) is 17.6 Å². The summed E-state index contributed by atoms with van der Waals surface area (Å²) in [7, 11) is 0. The van der Waals surface area contributed by atoms with Gasteiger partial charge in [-0.2, -0.15) is 0 Å². The number of hydrogen-bond acceptors (Lipinski definition) is 6. The molecule has 8 heteroatoms. The number of benzene rings is 1. The van der Waals surface area contributed by atoms with Crippen LogP contribution in [0, 0.1) is 5.92 Å². The molecular weight excluding hydrogens is 406 g/mol. The van der Waals surface area contributed by atoms with E-state index in [4.69, 9.17) is 10.2 Å². The summed E-state index contributed by atoms with van der Waals surface area (Å²) in [6.45, 7) is 5.49. The van der Waals surface area contributed by atoms with Crippen LogP contribution in [-0.4, -0.2) is 28.3 Å². The van der Waals surface area contributed by atoms with Gasteiger partial charge in [0, 0.05) is 25.0 Å². The van der Waals surface area contributed by atoms with Crippen LogP contribution >= 0.6 is 0 Å². The van der Waals surface area contributed by atoms with E-state index in [0.717, 1.165) is 30.5 Å². The van der Waals surface area contributed by atoms with Crippen LogP contribution in [0.5, 0.6) is 0 Å². The number of amides is 2. The van der Waals surface area contributed by atoms with E-state index in [2.05, 4.69) is 34.4 Å². The monoisotopic (exact) mass is 435 g/mol. The maximum absolute atomic E-state index is 12.7. The largest absolute Gasteiger partial charge is 0.429 e. The fourth-order valence-corrected chi connectivity index (χ4v) is 3.42. The van der Waals surface area contributed by atoms with Gasteiger partial charge in [-0.25, -0.2) is 4.98 Å². The van der Waals surface area contributed by atoms with Crippen LogP contribution < -0.4 is 16.4 Å². The van der Waals surface area contributed by atoms with Crippen LogP contribution in [0.25, 0.3) is 11.6 Å². The number of rotatable bonds is 11. The molecule has 0 saturated heterocycles. The average Bonchev–Trinajstić information content (AvgIpc) is 3.32. The van der Waals surface area contributed by atoms with Crippen LogP contribution in [0.1, 0.15) is 59.6 Å². The van der Waals surface area contributed by atoms with Crippen LogP contribution in [0.4, 0.5) is 5.69 Å². The normalized spacial score (nSPS) is 10.8. The quantitative estimate of drug-likeness (QED) is 0.418. The molecule has 0 aliphatic carbocycles. The topological polar surface area (TPSA) is 123 Å². The minimum atomic E-state index is -0.684. The number of hydrogen-bond donors (Lipinski definition) is 3. The molecule has 0 fully saturated rings. The van der Waals surface area contributed by atoms with Gasteiger partial charge in [0.25, 0.3) is 11.8 Å². The minimum absolute atomic E-state index is 0.0190. The molecule has 3 rings (SSSR count). The Morgan fingerprint density at radius 2 is 1.91 bits per heavy atom. The van der Waals surface area contributed by atoms with E-state index in [9.17, 15) is 9.59 Å². The number of para-hydroxylation sites is 1. The second-order valence-corrected chi connectivity index (χ2v) is 7.57. The van der Waals surface area contributed by atoms with Gasteiger partial charge in [-0.3, -0.25) is 14.6 Å². The Hall–Kier alpha value is -3.68. The highest BCUT2D eigenvalue weighted by Crippen LogP contribution is 2.20. The zero-order chi connectivity index (χ0) is 22.9. The smallest absolute Gasteiger partial charge is 0.286 e. The number of nitrogens with zero attached hydrogens (tertiary/aromatic N) is 2. The van der Waals surface area contributed by atoms with Crippen molar-refractivity contribution in [3.8, 4) is 11.6 Å². The first-order valence-corrected chi connectivity index (χ1v) is 10.8. The van der Waals surface area contributed by atoms with E-state index >= 15 is 0 Å². The number of carbonyl (C=O) groups excluding carboxylic acids is 2. The van der Waals surface area contributed by atoms with Crippen molar-refractivity contribution in [1.29, 1.82) is 0 Å². The van der Waals surface area contributed by atoms with Crippen LogP contribution in [0.2, 0.25) is 0 Å². The number of nitrogens with one attached hydrogen (secondary N) is 2. The highest BCUT2D eigenvalue weighted by molar-refractivity contribution is 5.99. The molecule has 3 aromatic rings. The zero-order valence-electron chi connectivity index (χ0n) is 18.4. The molecule has 1 aromatic carbocycles. The van der Waals surface area contributed by atoms with Crippen molar-refractivity contribution in [3.05, 3.63) is 65.7 Å². The second-order valence-electron chi connectivity index (χ2n) is 7.57. The summed E-state index contributed by atoms with van der Waals surface area (Å²) in [5, 5.41) is 6.35. The molecule has 0 aliphatic rings. The molecule has 8 nitrogen and oxygen atoms in total. The third kappa shape index (κ3) is 5.94. The summed E-state index contributed by atoms with van der Waals surface area (Å²) >= 11 is 0. The lowest BCUT2D eigenvalue weighted by molar-refractivity contribution is 0.0949. The summed E-state index contributed by atoms with van der Waals surface area (Å²) in [6.07, 6.45) is 6.14. The van der Waals surface area contributed by atoms with Crippen molar-refractivity contribution in [2.75, 3.05) is 11.9 Å². The lowest BCUT2D eigenvalue weighted by Gasteiger charge is -2.15. The van der Waals surface area contributed by atoms with Crippen LogP contribution in [0.15, 0.2) is 53.2 Å². The molecule has 0 bridgehead atoms. The van der Waals surface area contributed by atoms with Gasteiger partial charge in [0.15, 0.2) is 0 Å². The summed E-state index contributed by atoms with van der Waals surface area (Å²) in [5.74, 6) is 0.0595. The van der Waals surface area contributed by atoms with Gasteiger partial charge in [0.1, 0.15) is 5.69 Å². The Bertz CT molecular complexity index is 1060.